The quantitative estimate of drug-likeness (QED) is 0.837. The van der Waals surface area contributed by atoms with E-state index < -0.39 is 11.7 Å². The van der Waals surface area contributed by atoms with Crippen molar-refractivity contribution in [1.82, 2.24) is 10.6 Å². The first-order valence-electron chi connectivity index (χ1n) is 7.88. The van der Waals surface area contributed by atoms with E-state index in [-0.39, 0.29) is 11.6 Å². The van der Waals surface area contributed by atoms with Gasteiger partial charge in [-0.2, -0.15) is 0 Å². The minimum Gasteiger partial charge on any atom is -0.484 e. The van der Waals surface area contributed by atoms with Crippen LogP contribution < -0.4 is 15.4 Å². The molecule has 2 aliphatic heterocycles. The van der Waals surface area contributed by atoms with Crippen molar-refractivity contribution in [3.8, 4) is 5.75 Å². The molecule has 0 radical (unpaired) electrons. The number of alkyl carbamates (subject to hydrolysis) is 1. The summed E-state index contributed by atoms with van der Waals surface area (Å²) in [6.45, 7) is 7.38. The molecule has 2 N–H and O–H groups in total. The summed E-state index contributed by atoms with van der Waals surface area (Å²) in [5.74, 6) is 0.866. The van der Waals surface area contributed by atoms with Crippen molar-refractivity contribution in [3.05, 3.63) is 29.8 Å². The van der Waals surface area contributed by atoms with Crippen molar-refractivity contribution in [2.45, 2.75) is 50.9 Å². The Kier molecular flexibility index (Phi) is 3.77. The summed E-state index contributed by atoms with van der Waals surface area (Å²) in [6, 6.07) is 7.76. The fourth-order valence-electron chi connectivity index (χ4n) is 3.25. The standard InChI is InChI=1S/C17H24N2O3/c1-16(2,3)22-15(20)19-14-12-6-4-5-7-13(12)21-17(14)8-10-18-11-9-17/h4-7,14,18H,8-11H2,1-3H3,(H,19,20). The molecule has 2 heterocycles. The van der Waals surface area contributed by atoms with E-state index in [1.54, 1.807) is 0 Å². The average Bonchev–Trinajstić information content (AvgIpc) is 2.72. The van der Waals surface area contributed by atoms with Gasteiger partial charge in [0, 0.05) is 18.4 Å². The van der Waals surface area contributed by atoms with E-state index in [9.17, 15) is 4.79 Å². The molecular weight excluding hydrogens is 280 g/mol. The third kappa shape index (κ3) is 2.90. The molecule has 1 spiro atoms. The van der Waals surface area contributed by atoms with Gasteiger partial charge in [0.2, 0.25) is 0 Å². The van der Waals surface area contributed by atoms with Crippen molar-refractivity contribution >= 4 is 6.09 Å². The molecule has 0 bridgehead atoms. The molecule has 22 heavy (non-hydrogen) atoms. The number of fused-ring (bicyclic) bond motifs is 1. The molecule has 1 atom stereocenters. The van der Waals surface area contributed by atoms with E-state index in [0.717, 1.165) is 37.2 Å². The van der Waals surface area contributed by atoms with Gasteiger partial charge < -0.3 is 20.1 Å². The van der Waals surface area contributed by atoms with Gasteiger partial charge >= 0.3 is 6.09 Å². The number of ether oxygens (including phenoxy) is 2. The molecular formula is C17H24N2O3. The summed E-state index contributed by atoms with van der Waals surface area (Å²) >= 11 is 0. The number of carbonyl (C=O) groups excluding carboxylic acids is 1. The first kappa shape index (κ1) is 15.2. The topological polar surface area (TPSA) is 59.6 Å². The van der Waals surface area contributed by atoms with Crippen molar-refractivity contribution in [2.24, 2.45) is 0 Å². The minimum atomic E-state index is -0.510. The SMILES string of the molecule is CC(C)(C)OC(=O)NC1c2ccccc2OC12CCNCC2. The predicted octanol–water partition coefficient (Wildman–Crippen LogP) is 2.77. The lowest BCUT2D eigenvalue weighted by Crippen LogP contribution is -2.53. The van der Waals surface area contributed by atoms with Crippen LogP contribution in [0.25, 0.3) is 0 Å². The molecule has 1 aromatic rings. The highest BCUT2D eigenvalue weighted by molar-refractivity contribution is 5.69. The van der Waals surface area contributed by atoms with Crippen LogP contribution >= 0.6 is 0 Å². The van der Waals surface area contributed by atoms with Crippen LogP contribution in [0.4, 0.5) is 4.79 Å². The minimum absolute atomic E-state index is 0.166. The monoisotopic (exact) mass is 304 g/mol. The normalized spacial score (nSPS) is 22.8. The molecule has 120 valence electrons. The van der Waals surface area contributed by atoms with E-state index in [1.807, 2.05) is 45.0 Å². The van der Waals surface area contributed by atoms with E-state index in [2.05, 4.69) is 10.6 Å². The lowest BCUT2D eigenvalue weighted by molar-refractivity contribution is 0.0113. The molecule has 5 nitrogen and oxygen atoms in total. The fourth-order valence-corrected chi connectivity index (χ4v) is 3.25. The molecule has 1 saturated heterocycles. The zero-order valence-electron chi connectivity index (χ0n) is 13.4. The molecule has 0 aromatic heterocycles. The first-order valence-corrected chi connectivity index (χ1v) is 7.88. The summed E-state index contributed by atoms with van der Waals surface area (Å²) in [5, 5.41) is 6.39. The number of hydrogen-bond donors (Lipinski definition) is 2. The predicted molar refractivity (Wildman–Crippen MR) is 84.0 cm³/mol. The number of benzene rings is 1. The highest BCUT2D eigenvalue weighted by atomic mass is 16.6. The van der Waals surface area contributed by atoms with Gasteiger partial charge in [-0.25, -0.2) is 4.79 Å². The maximum atomic E-state index is 12.2. The second-order valence-electron chi connectivity index (χ2n) is 7.03. The molecule has 3 rings (SSSR count). The number of piperidine rings is 1. The molecule has 1 unspecified atom stereocenters. The smallest absolute Gasteiger partial charge is 0.408 e. The Balaban J connectivity index is 1.85. The number of carbonyl (C=O) groups is 1. The van der Waals surface area contributed by atoms with E-state index in [4.69, 9.17) is 9.47 Å². The van der Waals surface area contributed by atoms with Crippen LogP contribution in [0.2, 0.25) is 0 Å². The van der Waals surface area contributed by atoms with E-state index in [1.165, 1.54) is 0 Å². The highest BCUT2D eigenvalue weighted by Crippen LogP contribution is 2.47. The number of nitrogens with one attached hydrogen (secondary N) is 2. The fraction of sp³-hybridized carbons (Fsp3) is 0.588. The maximum absolute atomic E-state index is 12.2. The third-order valence-electron chi connectivity index (χ3n) is 4.18. The summed E-state index contributed by atoms with van der Waals surface area (Å²) in [6.07, 6.45) is 1.33. The van der Waals surface area contributed by atoms with Crippen molar-refractivity contribution < 1.29 is 14.3 Å². The van der Waals surface area contributed by atoms with Gasteiger partial charge in [0.25, 0.3) is 0 Å². The Bertz CT molecular complexity index is 559. The molecule has 5 heteroatoms. The Hall–Kier alpha value is -1.75. The van der Waals surface area contributed by atoms with Gasteiger partial charge in [-0.3, -0.25) is 0 Å². The maximum Gasteiger partial charge on any atom is 0.408 e. The summed E-state index contributed by atoms with van der Waals surface area (Å²) < 4.78 is 11.7. The van der Waals surface area contributed by atoms with Gasteiger partial charge in [-0.1, -0.05) is 18.2 Å². The van der Waals surface area contributed by atoms with E-state index >= 15 is 0 Å². The van der Waals surface area contributed by atoms with Gasteiger partial charge in [0.05, 0.1) is 0 Å². The molecule has 2 aliphatic rings. The zero-order chi connectivity index (χ0) is 15.8. The van der Waals surface area contributed by atoms with Crippen molar-refractivity contribution in [2.75, 3.05) is 13.1 Å². The van der Waals surface area contributed by atoms with Crippen LogP contribution in [-0.4, -0.2) is 30.4 Å². The second kappa shape index (κ2) is 5.47. The van der Waals surface area contributed by atoms with Gasteiger partial charge in [-0.05, 0) is 39.9 Å². The van der Waals surface area contributed by atoms with Crippen molar-refractivity contribution in [3.63, 3.8) is 0 Å². The third-order valence-corrected chi connectivity index (χ3v) is 4.18. The Morgan fingerprint density at radius 1 is 1.32 bits per heavy atom. The number of para-hydroxylation sites is 1. The lowest BCUT2D eigenvalue weighted by atomic mass is 9.83. The van der Waals surface area contributed by atoms with Gasteiger partial charge in [0.1, 0.15) is 23.0 Å². The summed E-state index contributed by atoms with van der Waals surface area (Å²) in [4.78, 5) is 12.2. The van der Waals surface area contributed by atoms with Crippen LogP contribution in [0, 0.1) is 0 Å². The summed E-state index contributed by atoms with van der Waals surface area (Å²) in [7, 11) is 0. The molecule has 0 aliphatic carbocycles. The number of rotatable bonds is 1. The lowest BCUT2D eigenvalue weighted by Gasteiger charge is -2.38. The molecule has 1 fully saturated rings. The van der Waals surface area contributed by atoms with Gasteiger partial charge in [0.15, 0.2) is 0 Å². The summed E-state index contributed by atoms with van der Waals surface area (Å²) in [5.41, 5.74) is 0.158. The highest BCUT2D eigenvalue weighted by Gasteiger charge is 2.50. The first-order chi connectivity index (χ1) is 10.4. The number of hydrogen-bond acceptors (Lipinski definition) is 4. The zero-order valence-corrected chi connectivity index (χ0v) is 13.4. The largest absolute Gasteiger partial charge is 0.484 e. The van der Waals surface area contributed by atoms with Crippen LogP contribution in [0.5, 0.6) is 5.75 Å². The molecule has 1 amide bonds. The van der Waals surface area contributed by atoms with Gasteiger partial charge in [-0.15, -0.1) is 0 Å². The Labute approximate surface area is 131 Å². The Morgan fingerprint density at radius 2 is 2.00 bits per heavy atom. The van der Waals surface area contributed by atoms with Crippen LogP contribution in [-0.2, 0) is 4.74 Å². The van der Waals surface area contributed by atoms with Crippen LogP contribution in [0.3, 0.4) is 0 Å². The number of amides is 1. The van der Waals surface area contributed by atoms with E-state index in [0.29, 0.717) is 0 Å². The van der Waals surface area contributed by atoms with Crippen LogP contribution in [0.1, 0.15) is 45.2 Å². The molecule has 1 aromatic carbocycles. The van der Waals surface area contributed by atoms with Crippen molar-refractivity contribution in [1.29, 1.82) is 0 Å². The second-order valence-corrected chi connectivity index (χ2v) is 7.03. The van der Waals surface area contributed by atoms with Crippen LogP contribution in [0.15, 0.2) is 24.3 Å². The Morgan fingerprint density at radius 3 is 2.68 bits per heavy atom. The molecule has 0 saturated carbocycles. The average molecular weight is 304 g/mol.